The van der Waals surface area contributed by atoms with Crippen molar-refractivity contribution in [1.82, 2.24) is 0 Å². The van der Waals surface area contributed by atoms with E-state index in [1.54, 1.807) is 26.2 Å². The number of nitrogens with one attached hydrogen (secondary N) is 1. The van der Waals surface area contributed by atoms with Gasteiger partial charge in [0.05, 0.1) is 12.5 Å². The zero-order chi connectivity index (χ0) is 17.3. The molecule has 2 aliphatic rings. The van der Waals surface area contributed by atoms with E-state index in [9.17, 15) is 9.59 Å². The van der Waals surface area contributed by atoms with Gasteiger partial charge in [-0.3, -0.25) is 10.1 Å². The molecule has 1 N–H and O–H groups in total. The summed E-state index contributed by atoms with van der Waals surface area (Å²) in [6.45, 7) is 3.64. The number of benzene rings is 1. The average molecular weight is 329 g/mol. The van der Waals surface area contributed by atoms with E-state index in [0.717, 1.165) is 24.2 Å². The van der Waals surface area contributed by atoms with E-state index in [-0.39, 0.29) is 18.3 Å². The quantitative estimate of drug-likeness (QED) is 0.836. The Kier molecular flexibility index (Phi) is 4.35. The minimum atomic E-state index is -0.549. The monoisotopic (exact) mass is 329 g/mol. The van der Waals surface area contributed by atoms with E-state index >= 15 is 0 Å². The number of ether oxygens (including phenoxy) is 2. The number of carbonyl (C=O) groups is 2. The van der Waals surface area contributed by atoms with Gasteiger partial charge in [-0.15, -0.1) is 0 Å². The Morgan fingerprint density at radius 3 is 2.67 bits per heavy atom. The number of amides is 1. The SMILES string of the molecule is COc1ccc(NC(=O)OCC2(C(C)=O)CC3C=CC2C3)cc1C. The van der Waals surface area contributed by atoms with Crippen LogP contribution in [-0.4, -0.2) is 25.6 Å². The molecule has 5 heteroatoms. The first kappa shape index (κ1) is 16.6. The van der Waals surface area contributed by atoms with Gasteiger partial charge in [-0.2, -0.15) is 0 Å². The number of aryl methyl sites for hydroxylation is 1. The lowest BCUT2D eigenvalue weighted by Crippen LogP contribution is -2.39. The molecule has 1 fully saturated rings. The van der Waals surface area contributed by atoms with Crippen LogP contribution in [-0.2, 0) is 9.53 Å². The van der Waals surface area contributed by atoms with Gasteiger partial charge in [0.25, 0.3) is 0 Å². The molecule has 0 heterocycles. The van der Waals surface area contributed by atoms with Crippen LogP contribution in [0.1, 0.15) is 25.3 Å². The highest BCUT2D eigenvalue weighted by Crippen LogP contribution is 2.52. The Morgan fingerprint density at radius 2 is 2.12 bits per heavy atom. The molecule has 3 atom stereocenters. The normalized spacial score (nSPS) is 27.1. The van der Waals surface area contributed by atoms with Crippen molar-refractivity contribution in [3.63, 3.8) is 0 Å². The lowest BCUT2D eigenvalue weighted by Gasteiger charge is -2.32. The summed E-state index contributed by atoms with van der Waals surface area (Å²) in [5.41, 5.74) is 1.02. The van der Waals surface area contributed by atoms with Gasteiger partial charge < -0.3 is 9.47 Å². The summed E-state index contributed by atoms with van der Waals surface area (Å²) >= 11 is 0. The van der Waals surface area contributed by atoms with Crippen molar-refractivity contribution in [3.8, 4) is 5.75 Å². The number of allylic oxidation sites excluding steroid dienone is 2. The molecule has 1 aromatic carbocycles. The zero-order valence-electron chi connectivity index (χ0n) is 14.3. The fraction of sp³-hybridized carbons (Fsp3) is 0.474. The molecular weight excluding hydrogens is 306 g/mol. The number of fused-ring (bicyclic) bond motifs is 2. The Hall–Kier alpha value is -2.30. The van der Waals surface area contributed by atoms with Gasteiger partial charge in [0.2, 0.25) is 0 Å². The summed E-state index contributed by atoms with van der Waals surface area (Å²) in [5.74, 6) is 1.50. The molecule has 3 rings (SSSR count). The van der Waals surface area contributed by atoms with Crippen molar-refractivity contribution in [2.75, 3.05) is 19.0 Å². The molecule has 1 amide bonds. The predicted octanol–water partition coefficient (Wildman–Crippen LogP) is 3.72. The average Bonchev–Trinajstić information content (AvgIpc) is 3.14. The van der Waals surface area contributed by atoms with Gasteiger partial charge in [0.15, 0.2) is 0 Å². The summed E-state index contributed by atoms with van der Waals surface area (Å²) < 4.78 is 10.6. The van der Waals surface area contributed by atoms with Crippen LogP contribution >= 0.6 is 0 Å². The number of hydrogen-bond donors (Lipinski definition) is 1. The van der Waals surface area contributed by atoms with Crippen LogP contribution in [0.3, 0.4) is 0 Å². The second-order valence-electron chi connectivity index (χ2n) is 6.79. The van der Waals surface area contributed by atoms with E-state index in [0.29, 0.717) is 11.6 Å². The second kappa shape index (κ2) is 6.30. The maximum absolute atomic E-state index is 12.2. The molecule has 5 nitrogen and oxygen atoms in total. The molecule has 0 spiro atoms. The van der Waals surface area contributed by atoms with E-state index in [1.165, 1.54) is 0 Å². The number of anilines is 1. The number of methoxy groups -OCH3 is 1. The van der Waals surface area contributed by atoms with Crippen LogP contribution in [0.4, 0.5) is 10.5 Å². The first-order valence-corrected chi connectivity index (χ1v) is 8.22. The van der Waals surface area contributed by atoms with Crippen molar-refractivity contribution in [1.29, 1.82) is 0 Å². The highest BCUT2D eigenvalue weighted by Gasteiger charge is 2.52. The molecule has 3 unspecified atom stereocenters. The highest BCUT2D eigenvalue weighted by atomic mass is 16.5. The van der Waals surface area contributed by atoms with Crippen molar-refractivity contribution >= 4 is 17.6 Å². The number of hydrogen-bond acceptors (Lipinski definition) is 4. The van der Waals surface area contributed by atoms with Crippen LogP contribution in [0, 0.1) is 24.2 Å². The number of rotatable bonds is 5. The first-order valence-electron chi connectivity index (χ1n) is 8.22. The Balaban J connectivity index is 1.62. The van der Waals surface area contributed by atoms with Crippen LogP contribution in [0.5, 0.6) is 5.75 Å². The largest absolute Gasteiger partial charge is 0.496 e. The van der Waals surface area contributed by atoms with Gasteiger partial charge in [0.1, 0.15) is 18.1 Å². The molecule has 24 heavy (non-hydrogen) atoms. The van der Waals surface area contributed by atoms with Crippen molar-refractivity contribution in [3.05, 3.63) is 35.9 Å². The van der Waals surface area contributed by atoms with E-state index in [4.69, 9.17) is 9.47 Å². The van der Waals surface area contributed by atoms with Gasteiger partial charge in [0, 0.05) is 5.69 Å². The standard InChI is InChI=1S/C19H23NO4/c1-12-8-16(6-7-17(12)23-3)20-18(22)24-11-19(13(2)21)10-14-4-5-15(19)9-14/h4-8,14-15H,9-11H2,1-3H3,(H,20,22). The van der Waals surface area contributed by atoms with Crippen LogP contribution in [0.2, 0.25) is 0 Å². The topological polar surface area (TPSA) is 64.6 Å². The molecule has 0 saturated heterocycles. The second-order valence-corrected chi connectivity index (χ2v) is 6.79. The zero-order valence-corrected chi connectivity index (χ0v) is 14.3. The van der Waals surface area contributed by atoms with Crippen molar-refractivity contribution in [2.24, 2.45) is 17.3 Å². The van der Waals surface area contributed by atoms with Gasteiger partial charge in [-0.25, -0.2) is 4.79 Å². The molecule has 128 valence electrons. The number of Topliss-reactive ketones (excluding diaryl/α,β-unsaturated/α-hetero) is 1. The molecule has 1 saturated carbocycles. The summed E-state index contributed by atoms with van der Waals surface area (Å²) in [7, 11) is 1.61. The Morgan fingerprint density at radius 1 is 1.33 bits per heavy atom. The minimum absolute atomic E-state index is 0.104. The minimum Gasteiger partial charge on any atom is -0.496 e. The molecule has 2 bridgehead atoms. The summed E-state index contributed by atoms with van der Waals surface area (Å²) in [5, 5.41) is 2.71. The maximum Gasteiger partial charge on any atom is 0.411 e. The lowest BCUT2D eigenvalue weighted by molar-refractivity contribution is -0.130. The van der Waals surface area contributed by atoms with Gasteiger partial charge in [-0.1, -0.05) is 12.2 Å². The number of carbonyl (C=O) groups excluding carboxylic acids is 2. The summed E-state index contributed by atoms with van der Waals surface area (Å²) in [6, 6.07) is 5.37. The van der Waals surface area contributed by atoms with Crippen molar-refractivity contribution in [2.45, 2.75) is 26.7 Å². The first-order chi connectivity index (χ1) is 11.4. The van der Waals surface area contributed by atoms with E-state index < -0.39 is 11.5 Å². The van der Waals surface area contributed by atoms with Crippen LogP contribution < -0.4 is 10.1 Å². The van der Waals surface area contributed by atoms with Crippen LogP contribution in [0.25, 0.3) is 0 Å². The summed E-state index contributed by atoms with van der Waals surface area (Å²) in [4.78, 5) is 24.3. The Labute approximate surface area is 142 Å². The fourth-order valence-electron chi connectivity index (χ4n) is 3.93. The third kappa shape index (κ3) is 2.90. The third-order valence-electron chi connectivity index (χ3n) is 5.31. The molecule has 0 radical (unpaired) electrons. The van der Waals surface area contributed by atoms with E-state index in [1.807, 2.05) is 13.0 Å². The maximum atomic E-state index is 12.2. The molecule has 0 aromatic heterocycles. The van der Waals surface area contributed by atoms with Crippen molar-refractivity contribution < 1.29 is 19.1 Å². The Bertz CT molecular complexity index is 697. The molecular formula is C19H23NO4. The molecule has 1 aromatic rings. The number of ketones is 1. The predicted molar refractivity (Wildman–Crippen MR) is 91.2 cm³/mol. The van der Waals surface area contributed by atoms with E-state index in [2.05, 4.69) is 17.5 Å². The third-order valence-corrected chi connectivity index (χ3v) is 5.31. The van der Waals surface area contributed by atoms with Gasteiger partial charge in [-0.05, 0) is 62.3 Å². The van der Waals surface area contributed by atoms with Crippen LogP contribution in [0.15, 0.2) is 30.4 Å². The molecule has 2 aliphatic carbocycles. The molecule has 0 aliphatic heterocycles. The highest BCUT2D eigenvalue weighted by molar-refractivity contribution is 5.87. The summed E-state index contributed by atoms with van der Waals surface area (Å²) in [6.07, 6.45) is 5.50. The fourth-order valence-corrected chi connectivity index (χ4v) is 3.93. The van der Waals surface area contributed by atoms with Gasteiger partial charge >= 0.3 is 6.09 Å². The smallest absolute Gasteiger partial charge is 0.411 e. The lowest BCUT2D eigenvalue weighted by atomic mass is 9.73.